The Morgan fingerprint density at radius 1 is 1.28 bits per heavy atom. The molecule has 0 fully saturated rings. The number of para-hydroxylation sites is 1. The first kappa shape index (κ1) is 13.8. The molecule has 2 atom stereocenters. The Bertz CT molecular complexity index is 433. The van der Waals surface area contributed by atoms with Gasteiger partial charge in [-0.05, 0) is 12.1 Å². The van der Waals surface area contributed by atoms with E-state index in [1.54, 1.807) is 30.3 Å². The monoisotopic (exact) mass is 251 g/mol. The number of carbonyl (C=O) groups is 3. The number of aliphatic hydroxyl groups excluding tert-OH is 1. The number of nitrogens with one attached hydrogen (secondary N) is 2. The summed E-state index contributed by atoms with van der Waals surface area (Å²) in [6.45, 7) is 0. The SMILES string of the molecule is NC(O)C(NC(=O)C=O)C(=O)Nc1ccccc1. The molecule has 7 heteroatoms. The highest BCUT2D eigenvalue weighted by Crippen LogP contribution is 2.05. The molecule has 1 aromatic rings. The molecule has 96 valence electrons. The van der Waals surface area contributed by atoms with Crippen molar-refractivity contribution >= 4 is 23.8 Å². The van der Waals surface area contributed by atoms with Gasteiger partial charge in [0.2, 0.25) is 6.29 Å². The van der Waals surface area contributed by atoms with Crippen LogP contribution in [0.5, 0.6) is 0 Å². The molecule has 0 spiro atoms. The van der Waals surface area contributed by atoms with E-state index in [-0.39, 0.29) is 6.29 Å². The van der Waals surface area contributed by atoms with E-state index in [9.17, 15) is 19.5 Å². The van der Waals surface area contributed by atoms with Gasteiger partial charge >= 0.3 is 0 Å². The molecular formula is C11H13N3O4. The first-order valence-electron chi connectivity index (χ1n) is 5.10. The van der Waals surface area contributed by atoms with Crippen molar-refractivity contribution in [1.29, 1.82) is 0 Å². The van der Waals surface area contributed by atoms with Crippen molar-refractivity contribution in [3.05, 3.63) is 30.3 Å². The number of rotatable bonds is 5. The van der Waals surface area contributed by atoms with Crippen LogP contribution in [-0.4, -0.2) is 35.5 Å². The molecule has 18 heavy (non-hydrogen) atoms. The number of hydrogen-bond donors (Lipinski definition) is 4. The summed E-state index contributed by atoms with van der Waals surface area (Å²) in [6, 6.07) is 7.02. The summed E-state index contributed by atoms with van der Waals surface area (Å²) in [5.41, 5.74) is 5.64. The molecule has 7 nitrogen and oxygen atoms in total. The highest BCUT2D eigenvalue weighted by atomic mass is 16.3. The van der Waals surface area contributed by atoms with E-state index in [0.717, 1.165) is 0 Å². The summed E-state index contributed by atoms with van der Waals surface area (Å²) in [4.78, 5) is 32.8. The Hall–Kier alpha value is -2.25. The van der Waals surface area contributed by atoms with Gasteiger partial charge in [0.15, 0.2) is 0 Å². The predicted molar refractivity (Wildman–Crippen MR) is 63.3 cm³/mol. The summed E-state index contributed by atoms with van der Waals surface area (Å²) in [7, 11) is 0. The first-order valence-corrected chi connectivity index (χ1v) is 5.10. The third kappa shape index (κ3) is 3.96. The van der Waals surface area contributed by atoms with Crippen LogP contribution in [0.25, 0.3) is 0 Å². The third-order valence-corrected chi connectivity index (χ3v) is 2.07. The lowest BCUT2D eigenvalue weighted by Crippen LogP contribution is -2.54. The lowest BCUT2D eigenvalue weighted by molar-refractivity contribution is -0.134. The second-order valence-corrected chi connectivity index (χ2v) is 3.45. The predicted octanol–water partition coefficient (Wildman–Crippen LogP) is -1.41. The average molecular weight is 251 g/mol. The van der Waals surface area contributed by atoms with Crippen LogP contribution < -0.4 is 16.4 Å². The molecule has 2 unspecified atom stereocenters. The maximum Gasteiger partial charge on any atom is 0.284 e. The number of aliphatic hydroxyl groups is 1. The Kier molecular flexibility index (Phi) is 4.97. The summed E-state index contributed by atoms with van der Waals surface area (Å²) in [5, 5.41) is 13.6. The van der Waals surface area contributed by atoms with Crippen molar-refractivity contribution in [2.24, 2.45) is 5.73 Å². The number of aldehydes is 1. The summed E-state index contributed by atoms with van der Waals surface area (Å²) >= 11 is 0. The smallest absolute Gasteiger partial charge is 0.284 e. The van der Waals surface area contributed by atoms with E-state index in [4.69, 9.17) is 5.73 Å². The van der Waals surface area contributed by atoms with E-state index >= 15 is 0 Å². The van der Waals surface area contributed by atoms with Gasteiger partial charge in [0, 0.05) is 5.69 Å². The van der Waals surface area contributed by atoms with Gasteiger partial charge in [-0.3, -0.25) is 14.4 Å². The van der Waals surface area contributed by atoms with Crippen molar-refractivity contribution in [2.75, 3.05) is 5.32 Å². The zero-order valence-electron chi connectivity index (χ0n) is 9.37. The fourth-order valence-electron chi connectivity index (χ4n) is 1.23. The summed E-state index contributed by atoms with van der Waals surface area (Å²) < 4.78 is 0. The van der Waals surface area contributed by atoms with E-state index in [2.05, 4.69) is 5.32 Å². The third-order valence-electron chi connectivity index (χ3n) is 2.07. The zero-order chi connectivity index (χ0) is 13.5. The molecular weight excluding hydrogens is 238 g/mol. The molecule has 0 aromatic heterocycles. The van der Waals surface area contributed by atoms with E-state index in [0.29, 0.717) is 5.69 Å². The molecule has 2 amide bonds. The Balaban J connectivity index is 2.71. The quantitative estimate of drug-likeness (QED) is 0.291. The van der Waals surface area contributed by atoms with Crippen LogP contribution in [0.15, 0.2) is 30.3 Å². The Morgan fingerprint density at radius 3 is 2.39 bits per heavy atom. The van der Waals surface area contributed by atoms with E-state index < -0.39 is 24.1 Å². The highest BCUT2D eigenvalue weighted by molar-refractivity contribution is 6.24. The number of amides is 2. The van der Waals surface area contributed by atoms with Gasteiger partial charge in [-0.1, -0.05) is 18.2 Å². The molecule has 0 aliphatic carbocycles. The minimum absolute atomic E-state index is 0.00875. The van der Waals surface area contributed by atoms with Crippen LogP contribution in [-0.2, 0) is 14.4 Å². The maximum absolute atomic E-state index is 11.7. The number of carbonyl (C=O) groups excluding carboxylic acids is 3. The van der Waals surface area contributed by atoms with Gasteiger partial charge < -0.3 is 21.5 Å². The molecule has 0 aliphatic heterocycles. The molecule has 0 aliphatic rings. The fourth-order valence-corrected chi connectivity index (χ4v) is 1.23. The van der Waals surface area contributed by atoms with Gasteiger partial charge in [0.25, 0.3) is 11.8 Å². The number of hydrogen-bond acceptors (Lipinski definition) is 5. The molecule has 0 bridgehead atoms. The summed E-state index contributed by atoms with van der Waals surface area (Å²) in [5.74, 6) is -1.75. The van der Waals surface area contributed by atoms with Crippen molar-refractivity contribution in [2.45, 2.75) is 12.3 Å². The lowest BCUT2D eigenvalue weighted by atomic mass is 10.2. The van der Waals surface area contributed by atoms with Crippen LogP contribution in [0.4, 0.5) is 5.69 Å². The number of anilines is 1. The molecule has 0 saturated carbocycles. The molecule has 0 radical (unpaired) electrons. The summed E-state index contributed by atoms with van der Waals surface area (Å²) in [6.07, 6.45) is -1.62. The Labute approximate surface area is 103 Å². The molecule has 0 heterocycles. The van der Waals surface area contributed by atoms with Crippen LogP contribution >= 0.6 is 0 Å². The van der Waals surface area contributed by atoms with Crippen molar-refractivity contribution in [3.8, 4) is 0 Å². The number of nitrogens with two attached hydrogens (primary N) is 1. The molecule has 1 aromatic carbocycles. The molecule has 0 saturated heterocycles. The second-order valence-electron chi connectivity index (χ2n) is 3.45. The van der Waals surface area contributed by atoms with Crippen LogP contribution in [0.1, 0.15) is 0 Å². The van der Waals surface area contributed by atoms with Gasteiger partial charge in [-0.15, -0.1) is 0 Å². The second kappa shape index (κ2) is 6.48. The zero-order valence-corrected chi connectivity index (χ0v) is 9.37. The van der Waals surface area contributed by atoms with E-state index in [1.807, 2.05) is 5.32 Å². The van der Waals surface area contributed by atoms with Crippen LogP contribution in [0.3, 0.4) is 0 Å². The minimum Gasteiger partial charge on any atom is -0.376 e. The van der Waals surface area contributed by atoms with Gasteiger partial charge in [0.1, 0.15) is 12.3 Å². The largest absolute Gasteiger partial charge is 0.376 e. The maximum atomic E-state index is 11.7. The number of benzene rings is 1. The van der Waals surface area contributed by atoms with Gasteiger partial charge in [-0.25, -0.2) is 0 Å². The van der Waals surface area contributed by atoms with Crippen LogP contribution in [0, 0.1) is 0 Å². The molecule has 1 rings (SSSR count). The van der Waals surface area contributed by atoms with Gasteiger partial charge in [-0.2, -0.15) is 0 Å². The van der Waals surface area contributed by atoms with Crippen molar-refractivity contribution in [1.82, 2.24) is 5.32 Å². The minimum atomic E-state index is -1.61. The fraction of sp³-hybridized carbons (Fsp3) is 0.182. The van der Waals surface area contributed by atoms with Crippen molar-refractivity contribution in [3.63, 3.8) is 0 Å². The van der Waals surface area contributed by atoms with E-state index in [1.165, 1.54) is 0 Å². The molecule has 5 N–H and O–H groups in total. The normalized spacial score (nSPS) is 13.2. The van der Waals surface area contributed by atoms with Crippen molar-refractivity contribution < 1.29 is 19.5 Å². The average Bonchev–Trinajstić information content (AvgIpc) is 2.36. The first-order chi connectivity index (χ1) is 8.54. The van der Waals surface area contributed by atoms with Gasteiger partial charge in [0.05, 0.1) is 0 Å². The Morgan fingerprint density at radius 2 is 1.89 bits per heavy atom. The van der Waals surface area contributed by atoms with Crippen LogP contribution in [0.2, 0.25) is 0 Å². The standard InChI is InChI=1S/C11H13N3O4/c12-10(17)9(14-8(16)6-15)11(18)13-7-4-2-1-3-5-7/h1-6,9-10,17H,12H2,(H,13,18)(H,14,16). The lowest BCUT2D eigenvalue weighted by Gasteiger charge is -2.19. The highest BCUT2D eigenvalue weighted by Gasteiger charge is 2.25. The topological polar surface area (TPSA) is 122 Å².